The van der Waals surface area contributed by atoms with Crippen LogP contribution in [0.4, 0.5) is 0 Å². The van der Waals surface area contributed by atoms with Crippen LogP contribution in [-0.2, 0) is 6.54 Å². The van der Waals surface area contributed by atoms with E-state index in [1.165, 1.54) is 21.5 Å². The second kappa shape index (κ2) is 5.04. The second-order valence-corrected chi connectivity index (χ2v) is 6.95. The average molecular weight is 285 g/mol. The molecule has 0 amide bonds. The van der Waals surface area contributed by atoms with Crippen molar-refractivity contribution in [3.8, 4) is 5.69 Å². The summed E-state index contributed by atoms with van der Waals surface area (Å²) in [6, 6.07) is 8.71. The largest absolute Gasteiger partial charge is 0.306 e. The molecule has 0 aliphatic carbocycles. The predicted molar refractivity (Wildman–Crippen MR) is 85.5 cm³/mol. The standard InChI is InChI=1S/C16H19N3S/c1-16(2,3)18-10-14-9-17-11-19(14)13-4-5-15-12(8-13)6-7-20-15/h4-9,11,18H,10H2,1-3H3. The number of thiophene rings is 1. The van der Waals surface area contributed by atoms with Gasteiger partial charge in [-0.1, -0.05) is 0 Å². The minimum Gasteiger partial charge on any atom is -0.306 e. The summed E-state index contributed by atoms with van der Waals surface area (Å²) in [5.41, 5.74) is 2.44. The van der Waals surface area contributed by atoms with Gasteiger partial charge >= 0.3 is 0 Å². The van der Waals surface area contributed by atoms with Crippen molar-refractivity contribution in [1.82, 2.24) is 14.9 Å². The summed E-state index contributed by atoms with van der Waals surface area (Å²) in [6.07, 6.45) is 3.81. The van der Waals surface area contributed by atoms with Crippen LogP contribution in [0.15, 0.2) is 42.2 Å². The van der Waals surface area contributed by atoms with Gasteiger partial charge < -0.3 is 9.88 Å². The van der Waals surface area contributed by atoms with Gasteiger partial charge in [-0.3, -0.25) is 0 Å². The quantitative estimate of drug-likeness (QED) is 0.789. The van der Waals surface area contributed by atoms with Gasteiger partial charge in [0.2, 0.25) is 0 Å². The minimum atomic E-state index is 0.104. The van der Waals surface area contributed by atoms with Crippen molar-refractivity contribution in [3.63, 3.8) is 0 Å². The molecule has 3 aromatic rings. The van der Waals surface area contributed by atoms with Gasteiger partial charge in [0.1, 0.15) is 0 Å². The number of fused-ring (bicyclic) bond motifs is 1. The van der Waals surface area contributed by atoms with Gasteiger partial charge in [-0.15, -0.1) is 11.3 Å². The summed E-state index contributed by atoms with van der Waals surface area (Å²) in [5, 5.41) is 6.93. The molecular formula is C16H19N3S. The van der Waals surface area contributed by atoms with E-state index < -0.39 is 0 Å². The summed E-state index contributed by atoms with van der Waals surface area (Å²) < 4.78 is 3.47. The van der Waals surface area contributed by atoms with Gasteiger partial charge in [-0.25, -0.2) is 4.98 Å². The first kappa shape index (κ1) is 13.3. The molecule has 104 valence electrons. The van der Waals surface area contributed by atoms with Crippen LogP contribution in [-0.4, -0.2) is 15.1 Å². The van der Waals surface area contributed by atoms with E-state index in [9.17, 15) is 0 Å². The third kappa shape index (κ3) is 2.76. The monoisotopic (exact) mass is 285 g/mol. The average Bonchev–Trinajstić information content (AvgIpc) is 3.03. The Morgan fingerprint density at radius 2 is 2.10 bits per heavy atom. The van der Waals surface area contributed by atoms with Crippen LogP contribution in [0.1, 0.15) is 26.5 Å². The highest BCUT2D eigenvalue weighted by Crippen LogP contribution is 2.24. The number of nitrogens with one attached hydrogen (secondary N) is 1. The molecule has 0 bridgehead atoms. The number of benzene rings is 1. The first-order chi connectivity index (χ1) is 9.53. The Hall–Kier alpha value is -1.65. The number of aromatic nitrogens is 2. The molecule has 0 unspecified atom stereocenters. The first-order valence-electron chi connectivity index (χ1n) is 6.77. The van der Waals surface area contributed by atoms with Crippen molar-refractivity contribution >= 4 is 21.4 Å². The Balaban J connectivity index is 1.92. The lowest BCUT2D eigenvalue weighted by Crippen LogP contribution is -2.35. The Kier molecular flexibility index (Phi) is 3.36. The summed E-state index contributed by atoms with van der Waals surface area (Å²) in [7, 11) is 0. The van der Waals surface area contributed by atoms with Crippen LogP contribution in [0.5, 0.6) is 0 Å². The summed E-state index contributed by atoms with van der Waals surface area (Å²) >= 11 is 1.77. The Bertz CT molecular complexity index is 718. The van der Waals surface area contributed by atoms with Crippen LogP contribution in [0.25, 0.3) is 15.8 Å². The van der Waals surface area contributed by atoms with Gasteiger partial charge in [-0.2, -0.15) is 0 Å². The summed E-state index contributed by atoms with van der Waals surface area (Å²) in [4.78, 5) is 4.29. The van der Waals surface area contributed by atoms with E-state index in [0.29, 0.717) is 0 Å². The number of imidazole rings is 1. The Morgan fingerprint density at radius 1 is 1.25 bits per heavy atom. The van der Waals surface area contributed by atoms with Crippen LogP contribution in [0, 0.1) is 0 Å². The number of hydrogen-bond acceptors (Lipinski definition) is 3. The molecule has 3 nitrogen and oxygen atoms in total. The molecule has 0 saturated carbocycles. The highest BCUT2D eigenvalue weighted by atomic mass is 32.1. The first-order valence-corrected chi connectivity index (χ1v) is 7.65. The van der Waals surface area contributed by atoms with Crippen molar-refractivity contribution in [2.45, 2.75) is 32.9 Å². The van der Waals surface area contributed by atoms with Crippen molar-refractivity contribution in [3.05, 3.63) is 47.9 Å². The van der Waals surface area contributed by atoms with Crippen LogP contribution in [0.3, 0.4) is 0 Å². The molecule has 0 atom stereocenters. The predicted octanol–water partition coefficient (Wildman–Crippen LogP) is 3.98. The van der Waals surface area contributed by atoms with Crippen LogP contribution >= 0.6 is 11.3 Å². The maximum absolute atomic E-state index is 4.29. The minimum absolute atomic E-state index is 0.104. The molecule has 20 heavy (non-hydrogen) atoms. The molecular weight excluding hydrogens is 266 g/mol. The van der Waals surface area contributed by atoms with E-state index in [4.69, 9.17) is 0 Å². The van der Waals surface area contributed by atoms with E-state index in [2.05, 4.69) is 65.3 Å². The van der Waals surface area contributed by atoms with Crippen molar-refractivity contribution < 1.29 is 0 Å². The topological polar surface area (TPSA) is 29.9 Å². The molecule has 1 aromatic carbocycles. The van der Waals surface area contributed by atoms with Crippen LogP contribution < -0.4 is 5.32 Å². The Labute approximate surface area is 123 Å². The lowest BCUT2D eigenvalue weighted by Gasteiger charge is -2.21. The second-order valence-electron chi connectivity index (χ2n) is 6.00. The highest BCUT2D eigenvalue weighted by Gasteiger charge is 2.11. The molecule has 0 saturated heterocycles. The zero-order valence-corrected chi connectivity index (χ0v) is 12.9. The smallest absolute Gasteiger partial charge is 0.0994 e. The zero-order chi connectivity index (χ0) is 14.2. The van der Waals surface area contributed by atoms with E-state index in [-0.39, 0.29) is 5.54 Å². The molecule has 0 fully saturated rings. The van der Waals surface area contributed by atoms with E-state index >= 15 is 0 Å². The van der Waals surface area contributed by atoms with Gasteiger partial charge in [0.15, 0.2) is 0 Å². The summed E-state index contributed by atoms with van der Waals surface area (Å²) in [6.45, 7) is 7.33. The van der Waals surface area contributed by atoms with Crippen molar-refractivity contribution in [2.24, 2.45) is 0 Å². The summed E-state index contributed by atoms with van der Waals surface area (Å²) in [5.74, 6) is 0. The fraction of sp³-hybridized carbons (Fsp3) is 0.312. The number of nitrogens with zero attached hydrogens (tertiary/aromatic N) is 2. The lowest BCUT2D eigenvalue weighted by atomic mass is 10.1. The third-order valence-corrected chi connectivity index (χ3v) is 4.13. The molecule has 4 heteroatoms. The number of hydrogen-bond donors (Lipinski definition) is 1. The molecule has 2 aromatic heterocycles. The van der Waals surface area contributed by atoms with Gasteiger partial charge in [0.05, 0.1) is 12.0 Å². The molecule has 1 N–H and O–H groups in total. The SMILES string of the molecule is CC(C)(C)NCc1cncn1-c1ccc2sccc2c1. The molecule has 2 heterocycles. The van der Waals surface area contributed by atoms with E-state index in [0.717, 1.165) is 6.54 Å². The lowest BCUT2D eigenvalue weighted by molar-refractivity contribution is 0.419. The van der Waals surface area contributed by atoms with Gasteiger partial charge in [-0.05, 0) is 55.8 Å². The van der Waals surface area contributed by atoms with Gasteiger partial charge in [0, 0.05) is 28.7 Å². The third-order valence-electron chi connectivity index (χ3n) is 3.23. The normalized spacial score (nSPS) is 12.2. The maximum Gasteiger partial charge on any atom is 0.0994 e. The van der Waals surface area contributed by atoms with E-state index in [1.807, 2.05) is 12.5 Å². The Morgan fingerprint density at radius 3 is 2.90 bits per heavy atom. The fourth-order valence-electron chi connectivity index (χ4n) is 2.15. The molecule has 0 spiro atoms. The molecule has 0 radical (unpaired) electrons. The maximum atomic E-state index is 4.29. The molecule has 0 aliphatic heterocycles. The number of rotatable bonds is 3. The van der Waals surface area contributed by atoms with E-state index in [1.54, 1.807) is 11.3 Å². The molecule has 3 rings (SSSR count). The highest BCUT2D eigenvalue weighted by molar-refractivity contribution is 7.17. The van der Waals surface area contributed by atoms with Crippen molar-refractivity contribution in [2.75, 3.05) is 0 Å². The van der Waals surface area contributed by atoms with Gasteiger partial charge in [0.25, 0.3) is 0 Å². The van der Waals surface area contributed by atoms with Crippen molar-refractivity contribution in [1.29, 1.82) is 0 Å². The fourth-order valence-corrected chi connectivity index (χ4v) is 2.92. The zero-order valence-electron chi connectivity index (χ0n) is 12.1. The van der Waals surface area contributed by atoms with Crippen LogP contribution in [0.2, 0.25) is 0 Å². The molecule has 0 aliphatic rings.